The summed E-state index contributed by atoms with van der Waals surface area (Å²) in [6.07, 6.45) is 5.66. The van der Waals surface area contributed by atoms with Crippen LogP contribution in [0.15, 0.2) is 30.6 Å². The van der Waals surface area contributed by atoms with E-state index in [2.05, 4.69) is 21.4 Å². The summed E-state index contributed by atoms with van der Waals surface area (Å²) in [6, 6.07) is 6.04. The number of nitrogens with one attached hydrogen (secondary N) is 2. The van der Waals surface area contributed by atoms with Crippen LogP contribution in [0.2, 0.25) is 0 Å². The zero-order chi connectivity index (χ0) is 14.9. The van der Waals surface area contributed by atoms with E-state index in [1.54, 1.807) is 13.3 Å². The molecule has 0 atom stereocenters. The van der Waals surface area contributed by atoms with Crippen molar-refractivity contribution in [1.29, 1.82) is 0 Å². The minimum absolute atomic E-state index is 0.640. The number of H-pyrrole nitrogens is 1. The summed E-state index contributed by atoms with van der Waals surface area (Å²) in [5, 5.41) is 3.43. The number of hydrogen-bond donors (Lipinski definition) is 2. The molecule has 0 aliphatic rings. The average Bonchev–Trinajstić information content (AvgIpc) is 3.01. The second-order valence-corrected chi connectivity index (χ2v) is 4.73. The molecule has 0 amide bonds. The van der Waals surface area contributed by atoms with E-state index in [9.17, 15) is 0 Å². The van der Waals surface area contributed by atoms with Crippen LogP contribution < -0.4 is 14.8 Å². The lowest BCUT2D eigenvalue weighted by Crippen LogP contribution is -2.15. The van der Waals surface area contributed by atoms with Gasteiger partial charge in [0.1, 0.15) is 5.82 Å². The molecule has 0 fully saturated rings. The zero-order valence-electron chi connectivity index (χ0n) is 12.7. The van der Waals surface area contributed by atoms with Crippen LogP contribution >= 0.6 is 0 Å². The maximum atomic E-state index is 5.51. The van der Waals surface area contributed by atoms with Gasteiger partial charge in [-0.05, 0) is 37.6 Å². The smallest absolute Gasteiger partial charge is 0.161 e. The third kappa shape index (κ3) is 4.79. The average molecular weight is 289 g/mol. The first-order chi connectivity index (χ1) is 10.3. The molecule has 1 heterocycles. The van der Waals surface area contributed by atoms with Crippen LogP contribution in [0.3, 0.4) is 0 Å². The van der Waals surface area contributed by atoms with Crippen LogP contribution in [0.4, 0.5) is 0 Å². The van der Waals surface area contributed by atoms with Crippen LogP contribution in [0.25, 0.3) is 0 Å². The van der Waals surface area contributed by atoms with Gasteiger partial charge in [-0.15, -0.1) is 0 Å². The molecular weight excluding hydrogens is 266 g/mol. The second-order valence-electron chi connectivity index (χ2n) is 4.73. The van der Waals surface area contributed by atoms with E-state index >= 15 is 0 Å². The van der Waals surface area contributed by atoms with Crippen LogP contribution in [0.1, 0.15) is 24.7 Å². The molecule has 0 bridgehead atoms. The molecule has 2 rings (SSSR count). The van der Waals surface area contributed by atoms with Crippen molar-refractivity contribution >= 4 is 0 Å². The van der Waals surface area contributed by atoms with Gasteiger partial charge in [0, 0.05) is 25.4 Å². The molecule has 21 heavy (non-hydrogen) atoms. The van der Waals surface area contributed by atoms with Crippen molar-refractivity contribution in [2.45, 2.75) is 26.3 Å². The van der Waals surface area contributed by atoms with E-state index in [1.807, 2.05) is 25.3 Å². The Hall–Kier alpha value is -2.01. The number of benzene rings is 1. The van der Waals surface area contributed by atoms with Gasteiger partial charge in [-0.2, -0.15) is 0 Å². The summed E-state index contributed by atoms with van der Waals surface area (Å²) in [6.45, 7) is 4.38. The number of nitrogens with zero attached hydrogens (tertiary/aromatic N) is 1. The molecule has 0 radical (unpaired) electrons. The van der Waals surface area contributed by atoms with Crippen LogP contribution in [-0.2, 0) is 13.0 Å². The van der Waals surface area contributed by atoms with E-state index < -0.39 is 0 Å². The Bertz CT molecular complexity index is 526. The van der Waals surface area contributed by atoms with Crippen molar-refractivity contribution < 1.29 is 9.47 Å². The van der Waals surface area contributed by atoms with E-state index in [0.29, 0.717) is 6.61 Å². The van der Waals surface area contributed by atoms with Crippen molar-refractivity contribution in [3.8, 4) is 11.5 Å². The SMILES string of the molecule is CCOc1ccc(CNCCCc2ncc[nH]2)cc1OC. The molecule has 0 saturated carbocycles. The number of methoxy groups -OCH3 is 1. The molecule has 1 aromatic carbocycles. The molecule has 114 valence electrons. The van der Waals surface area contributed by atoms with Gasteiger partial charge in [-0.1, -0.05) is 6.07 Å². The fraction of sp³-hybridized carbons (Fsp3) is 0.438. The minimum atomic E-state index is 0.640. The van der Waals surface area contributed by atoms with E-state index in [-0.39, 0.29) is 0 Å². The Morgan fingerprint density at radius 2 is 2.19 bits per heavy atom. The van der Waals surface area contributed by atoms with E-state index in [1.165, 1.54) is 5.56 Å². The number of aromatic amines is 1. The van der Waals surface area contributed by atoms with Gasteiger partial charge < -0.3 is 19.8 Å². The lowest BCUT2D eigenvalue weighted by Gasteiger charge is -2.11. The Labute approximate surface area is 125 Å². The molecule has 0 saturated heterocycles. The normalized spacial score (nSPS) is 10.6. The molecule has 0 spiro atoms. The highest BCUT2D eigenvalue weighted by Gasteiger charge is 2.05. The predicted octanol–water partition coefficient (Wildman–Crippen LogP) is 2.54. The summed E-state index contributed by atoms with van der Waals surface area (Å²) < 4.78 is 10.9. The minimum Gasteiger partial charge on any atom is -0.493 e. The van der Waals surface area contributed by atoms with Gasteiger partial charge >= 0.3 is 0 Å². The molecule has 0 aliphatic carbocycles. The monoisotopic (exact) mass is 289 g/mol. The fourth-order valence-corrected chi connectivity index (χ4v) is 2.14. The third-order valence-electron chi connectivity index (χ3n) is 3.18. The van der Waals surface area contributed by atoms with Crippen molar-refractivity contribution in [2.24, 2.45) is 0 Å². The van der Waals surface area contributed by atoms with Crippen molar-refractivity contribution in [3.63, 3.8) is 0 Å². The molecule has 0 aliphatic heterocycles. The van der Waals surface area contributed by atoms with Crippen molar-refractivity contribution in [3.05, 3.63) is 42.0 Å². The number of rotatable bonds is 9. The van der Waals surface area contributed by atoms with Gasteiger partial charge in [0.15, 0.2) is 11.5 Å². The molecule has 2 aromatic rings. The summed E-state index contributed by atoms with van der Waals surface area (Å²) in [4.78, 5) is 7.32. The van der Waals surface area contributed by atoms with E-state index in [0.717, 1.165) is 43.3 Å². The van der Waals surface area contributed by atoms with Gasteiger partial charge in [0.2, 0.25) is 0 Å². The van der Waals surface area contributed by atoms with Crippen LogP contribution in [-0.4, -0.2) is 30.2 Å². The summed E-state index contributed by atoms with van der Waals surface area (Å²) in [7, 11) is 1.67. The number of hydrogen-bond acceptors (Lipinski definition) is 4. The largest absolute Gasteiger partial charge is 0.493 e. The van der Waals surface area contributed by atoms with Gasteiger partial charge in [0.05, 0.1) is 13.7 Å². The maximum absolute atomic E-state index is 5.51. The molecule has 5 nitrogen and oxygen atoms in total. The summed E-state index contributed by atoms with van der Waals surface area (Å²) >= 11 is 0. The summed E-state index contributed by atoms with van der Waals surface area (Å²) in [5.74, 6) is 2.62. The highest BCUT2D eigenvalue weighted by atomic mass is 16.5. The second kappa shape index (κ2) is 8.32. The Balaban J connectivity index is 1.75. The maximum Gasteiger partial charge on any atom is 0.161 e. The lowest BCUT2D eigenvalue weighted by molar-refractivity contribution is 0.310. The van der Waals surface area contributed by atoms with Crippen LogP contribution in [0, 0.1) is 0 Å². The quantitative estimate of drug-likeness (QED) is 0.697. The molecule has 0 unspecified atom stereocenters. The van der Waals surface area contributed by atoms with Crippen molar-refractivity contribution in [1.82, 2.24) is 15.3 Å². The standard InChI is InChI=1S/C16H23N3O2/c1-3-21-14-7-6-13(11-15(14)20-2)12-17-8-4-5-16-18-9-10-19-16/h6-7,9-11,17H,3-5,8,12H2,1-2H3,(H,18,19). The third-order valence-corrected chi connectivity index (χ3v) is 3.18. The zero-order valence-corrected chi connectivity index (χ0v) is 12.7. The highest BCUT2D eigenvalue weighted by molar-refractivity contribution is 5.42. The van der Waals surface area contributed by atoms with Gasteiger partial charge in [-0.3, -0.25) is 0 Å². The van der Waals surface area contributed by atoms with Gasteiger partial charge in [-0.25, -0.2) is 4.98 Å². The first-order valence-corrected chi connectivity index (χ1v) is 7.32. The first kappa shape index (κ1) is 15.4. The Kier molecular flexibility index (Phi) is 6.09. The first-order valence-electron chi connectivity index (χ1n) is 7.32. The van der Waals surface area contributed by atoms with Gasteiger partial charge in [0.25, 0.3) is 0 Å². The van der Waals surface area contributed by atoms with E-state index in [4.69, 9.17) is 9.47 Å². The molecule has 2 N–H and O–H groups in total. The predicted molar refractivity (Wildman–Crippen MR) is 82.8 cm³/mol. The lowest BCUT2D eigenvalue weighted by atomic mass is 10.2. The summed E-state index contributed by atoms with van der Waals surface area (Å²) in [5.41, 5.74) is 1.19. The topological polar surface area (TPSA) is 59.2 Å². The Morgan fingerprint density at radius 3 is 2.90 bits per heavy atom. The number of ether oxygens (including phenoxy) is 2. The van der Waals surface area contributed by atoms with Crippen LogP contribution in [0.5, 0.6) is 11.5 Å². The molecule has 5 heteroatoms. The molecule has 1 aromatic heterocycles. The fourth-order valence-electron chi connectivity index (χ4n) is 2.14. The number of aromatic nitrogens is 2. The van der Waals surface area contributed by atoms with Crippen molar-refractivity contribution in [2.75, 3.05) is 20.3 Å². The number of imidazole rings is 1. The highest BCUT2D eigenvalue weighted by Crippen LogP contribution is 2.27. The number of aryl methyl sites for hydroxylation is 1. The Morgan fingerprint density at radius 1 is 1.29 bits per heavy atom. The molecular formula is C16H23N3O2.